The summed E-state index contributed by atoms with van der Waals surface area (Å²) < 4.78 is 12.7. The van der Waals surface area contributed by atoms with Gasteiger partial charge in [-0.25, -0.2) is 0 Å². The van der Waals surface area contributed by atoms with Gasteiger partial charge in [0.25, 0.3) is 0 Å². The maximum absolute atomic E-state index is 12.7. The van der Waals surface area contributed by atoms with Gasteiger partial charge in [-0.2, -0.15) is 19.6 Å². The summed E-state index contributed by atoms with van der Waals surface area (Å²) in [6, 6.07) is 0. The summed E-state index contributed by atoms with van der Waals surface area (Å²) in [7, 11) is 0. The first-order chi connectivity index (χ1) is 30.2. The van der Waals surface area contributed by atoms with E-state index in [1.54, 1.807) is 13.8 Å². The Kier molecular flexibility index (Phi) is 12.2. The van der Waals surface area contributed by atoms with Crippen LogP contribution in [0.3, 0.4) is 0 Å². The molecule has 9 rings (SSSR count). The van der Waals surface area contributed by atoms with E-state index in [1.807, 2.05) is 0 Å². The van der Waals surface area contributed by atoms with Crippen LogP contribution in [0.25, 0.3) is 0 Å². The molecule has 0 aromatic heterocycles. The van der Waals surface area contributed by atoms with E-state index in [2.05, 4.69) is 41.5 Å². The maximum atomic E-state index is 12.7. The van der Waals surface area contributed by atoms with Gasteiger partial charge >= 0.3 is 11.9 Å². The van der Waals surface area contributed by atoms with E-state index in [0.717, 1.165) is 89.9 Å². The van der Waals surface area contributed by atoms with Crippen molar-refractivity contribution in [2.24, 2.45) is 104 Å². The average molecular weight is 895 g/mol. The molecule has 1 aliphatic heterocycles. The van der Waals surface area contributed by atoms with Gasteiger partial charge in [-0.15, -0.1) is 0 Å². The van der Waals surface area contributed by atoms with Gasteiger partial charge in [-0.1, -0.05) is 41.5 Å². The molecule has 2 amide bonds. The van der Waals surface area contributed by atoms with Crippen molar-refractivity contribution in [1.29, 1.82) is 0 Å². The van der Waals surface area contributed by atoms with Gasteiger partial charge < -0.3 is 20.9 Å². The molecule has 2 spiro atoms. The molecule has 0 aromatic carbocycles. The van der Waals surface area contributed by atoms with Crippen LogP contribution >= 0.6 is 0 Å². The van der Waals surface area contributed by atoms with Crippen LogP contribution in [-0.4, -0.2) is 47.5 Å². The Hall–Kier alpha value is -2.28. The van der Waals surface area contributed by atoms with Crippen LogP contribution in [0.4, 0.5) is 0 Å². The predicted molar refractivity (Wildman–Crippen MR) is 237 cm³/mol. The Morgan fingerprint density at radius 3 is 1.27 bits per heavy atom. The van der Waals surface area contributed by atoms with Gasteiger partial charge in [0.1, 0.15) is 12.2 Å². The van der Waals surface area contributed by atoms with E-state index in [-0.39, 0.29) is 57.6 Å². The van der Waals surface area contributed by atoms with Gasteiger partial charge in [0.15, 0.2) is 0 Å². The smallest absolute Gasteiger partial charge is 0.302 e. The molecule has 0 bridgehead atoms. The van der Waals surface area contributed by atoms with Gasteiger partial charge in [0.05, 0.1) is 0 Å². The second-order valence-corrected chi connectivity index (χ2v) is 24.6. The molecular weight excluding hydrogens is 813 g/mol. The van der Waals surface area contributed by atoms with Crippen LogP contribution < -0.4 is 11.5 Å². The molecule has 4 N–H and O–H groups in total. The Labute approximate surface area is 382 Å². The lowest BCUT2D eigenvalue weighted by Crippen LogP contribution is -2.63. The first kappa shape index (κ1) is 46.8. The SMILES string of the molecule is CC(=O)O[C@H]1C[C@H]2[C@@H](CC[C@@H]3CC4(CC[C@@]32C)OOC2(CC[C@@]3(C)[C@H](CC[C@@H]5[C@@H]3C[C@H](OC(C)=O)[C@]3(C)[C@@H]([C@H](C)CCC(N)=O)CC[C@@H]53)C2)OO4)[C@@H]2CC[C@H]([C@H](C)CCC(N)=O)[C@@]12C. The van der Waals surface area contributed by atoms with E-state index in [4.69, 9.17) is 40.5 Å². The molecular formula is C52H82N2O10. The van der Waals surface area contributed by atoms with Crippen molar-refractivity contribution in [2.75, 3.05) is 0 Å². The molecule has 8 saturated carbocycles. The fourth-order valence-corrected chi connectivity index (χ4v) is 18.7. The quantitative estimate of drug-likeness (QED) is 0.159. The Balaban J connectivity index is 0.861. The Bertz CT molecular complexity index is 1690. The first-order valence-electron chi connectivity index (χ1n) is 25.8. The van der Waals surface area contributed by atoms with Crippen LogP contribution in [0.1, 0.15) is 184 Å². The van der Waals surface area contributed by atoms with Crippen molar-refractivity contribution in [3.05, 3.63) is 0 Å². The highest BCUT2D eigenvalue weighted by molar-refractivity contribution is 5.74. The number of esters is 2. The van der Waals surface area contributed by atoms with Crippen LogP contribution in [0.5, 0.6) is 0 Å². The van der Waals surface area contributed by atoms with Gasteiger partial charge in [-0.05, 0) is 172 Å². The van der Waals surface area contributed by atoms with Crippen molar-refractivity contribution in [3.63, 3.8) is 0 Å². The summed E-state index contributed by atoms with van der Waals surface area (Å²) in [6.45, 7) is 17.4. The third-order valence-corrected chi connectivity index (χ3v) is 22.0. The van der Waals surface area contributed by atoms with Crippen LogP contribution in [0.15, 0.2) is 0 Å². The molecule has 1 saturated heterocycles. The topological polar surface area (TPSA) is 176 Å². The highest BCUT2D eigenvalue weighted by atomic mass is 17.4. The van der Waals surface area contributed by atoms with E-state index in [9.17, 15) is 19.2 Å². The standard InChI is InChI=1S/C52H82N2O10/c1-29(9-19-45(53)57)37-15-17-39-35-13-11-33-27-51(23-21-47(33,5)41(35)25-43(49(37,39)7)59-31(3)55)61-63-52(64-62-51)24-22-48(6)34(28-52)12-14-36-40-18-16-38(30(2)10-20-46(54)58)50(40,8)44(26-42(36)48)60-32(4)56/h29-30,33-44H,9-28H2,1-8H3,(H2,53,57)(H2,54,58)/t29-,30-,33-,34-,35+,36+,37-,38-,39+,40+,41+,42+,43+,44+,47+,48+,49-,50-,51?,52?/m1/s1. The molecule has 0 unspecified atom stereocenters. The molecule has 0 aromatic rings. The van der Waals surface area contributed by atoms with E-state index < -0.39 is 11.6 Å². The fourth-order valence-electron chi connectivity index (χ4n) is 18.7. The van der Waals surface area contributed by atoms with Gasteiger partial charge in [0, 0.05) is 63.2 Å². The molecule has 12 nitrogen and oxygen atoms in total. The second kappa shape index (κ2) is 16.7. The average Bonchev–Trinajstić information content (AvgIpc) is 3.79. The molecule has 360 valence electrons. The number of nitrogens with two attached hydrogens (primary N) is 2. The molecule has 18 atom stereocenters. The number of rotatable bonds is 10. The monoisotopic (exact) mass is 895 g/mol. The third kappa shape index (κ3) is 7.50. The minimum Gasteiger partial charge on any atom is -0.462 e. The summed E-state index contributed by atoms with van der Waals surface area (Å²) in [5.74, 6) is 2.22. The lowest BCUT2D eigenvalue weighted by molar-refractivity contribution is -0.667. The number of hydrogen-bond acceptors (Lipinski definition) is 10. The summed E-state index contributed by atoms with van der Waals surface area (Å²) in [4.78, 5) is 75.2. The van der Waals surface area contributed by atoms with Gasteiger partial charge in [-0.3, -0.25) is 19.2 Å². The number of hydrogen-bond donors (Lipinski definition) is 2. The number of amides is 2. The maximum Gasteiger partial charge on any atom is 0.302 e. The van der Waals surface area contributed by atoms with Gasteiger partial charge in [0.2, 0.25) is 23.4 Å². The summed E-state index contributed by atoms with van der Waals surface area (Å²) >= 11 is 0. The third-order valence-electron chi connectivity index (χ3n) is 22.0. The molecule has 9 fully saturated rings. The van der Waals surface area contributed by atoms with Crippen LogP contribution in [0.2, 0.25) is 0 Å². The van der Waals surface area contributed by atoms with E-state index in [0.29, 0.717) is 110 Å². The zero-order valence-corrected chi connectivity index (χ0v) is 40.5. The lowest BCUT2D eigenvalue weighted by Gasteiger charge is -2.64. The highest BCUT2D eigenvalue weighted by Crippen LogP contribution is 2.72. The second-order valence-electron chi connectivity index (χ2n) is 24.6. The minimum atomic E-state index is -0.952. The van der Waals surface area contributed by atoms with Crippen molar-refractivity contribution in [3.8, 4) is 0 Å². The van der Waals surface area contributed by atoms with Crippen molar-refractivity contribution in [2.45, 2.75) is 208 Å². The summed E-state index contributed by atoms with van der Waals surface area (Å²) in [5.41, 5.74) is 11.0. The first-order valence-corrected chi connectivity index (χ1v) is 25.8. The van der Waals surface area contributed by atoms with E-state index >= 15 is 0 Å². The lowest BCUT2D eigenvalue weighted by atomic mass is 9.43. The predicted octanol–water partition coefficient (Wildman–Crippen LogP) is 9.49. The minimum absolute atomic E-state index is 0.0393. The van der Waals surface area contributed by atoms with Crippen molar-refractivity contribution < 1.29 is 48.2 Å². The highest BCUT2D eigenvalue weighted by Gasteiger charge is 2.69. The fraction of sp³-hybridized carbons (Fsp3) is 0.923. The number of fused-ring (bicyclic) bond motifs is 10. The number of carbonyl (C=O) groups is 4. The van der Waals surface area contributed by atoms with Crippen LogP contribution in [-0.2, 0) is 48.2 Å². The number of ether oxygens (including phenoxy) is 2. The van der Waals surface area contributed by atoms with Crippen molar-refractivity contribution in [1.82, 2.24) is 0 Å². The molecule has 12 heteroatoms. The molecule has 9 aliphatic rings. The largest absolute Gasteiger partial charge is 0.462 e. The normalized spacial score (nSPS) is 50.1. The zero-order chi connectivity index (χ0) is 45.8. The zero-order valence-electron chi connectivity index (χ0n) is 40.5. The summed E-state index contributed by atoms with van der Waals surface area (Å²) in [5, 5.41) is 0. The van der Waals surface area contributed by atoms with E-state index in [1.165, 1.54) is 0 Å². The number of carbonyl (C=O) groups excluding carboxylic acids is 4. The number of primary amides is 2. The molecule has 1 heterocycles. The molecule has 8 aliphatic carbocycles. The molecule has 64 heavy (non-hydrogen) atoms. The molecule has 0 radical (unpaired) electrons. The Morgan fingerprint density at radius 2 is 0.922 bits per heavy atom. The van der Waals surface area contributed by atoms with Crippen LogP contribution in [0, 0.1) is 92.7 Å². The Morgan fingerprint density at radius 1 is 0.547 bits per heavy atom. The summed E-state index contributed by atoms with van der Waals surface area (Å²) in [6.07, 6.45) is 17.3. The van der Waals surface area contributed by atoms with Crippen molar-refractivity contribution >= 4 is 23.8 Å².